The van der Waals surface area contributed by atoms with E-state index in [1.165, 1.54) is 24.0 Å². The van der Waals surface area contributed by atoms with Gasteiger partial charge in [-0.05, 0) is 52.9 Å². The fourth-order valence-electron chi connectivity index (χ4n) is 1.86. The summed E-state index contributed by atoms with van der Waals surface area (Å²) in [5, 5.41) is 9.79. The molecule has 0 saturated carbocycles. The highest BCUT2D eigenvalue weighted by molar-refractivity contribution is 5.04. The Labute approximate surface area is 113 Å². The van der Waals surface area contributed by atoms with Crippen molar-refractivity contribution in [2.75, 3.05) is 0 Å². The number of aliphatic hydroxyl groups is 1. The van der Waals surface area contributed by atoms with Gasteiger partial charge in [-0.1, -0.05) is 42.7 Å². The van der Waals surface area contributed by atoms with E-state index in [9.17, 15) is 5.11 Å². The lowest BCUT2D eigenvalue weighted by molar-refractivity contribution is 0.103. The van der Waals surface area contributed by atoms with Gasteiger partial charge >= 0.3 is 0 Å². The van der Waals surface area contributed by atoms with Crippen molar-refractivity contribution in [3.63, 3.8) is 0 Å². The van der Waals surface area contributed by atoms with Crippen LogP contribution in [0.1, 0.15) is 66.2 Å². The summed E-state index contributed by atoms with van der Waals surface area (Å²) in [6, 6.07) is 0. The van der Waals surface area contributed by atoms with Gasteiger partial charge in [-0.15, -0.1) is 6.58 Å². The molecule has 0 rings (SSSR count). The van der Waals surface area contributed by atoms with Gasteiger partial charge in [0.15, 0.2) is 0 Å². The second-order valence-corrected chi connectivity index (χ2v) is 5.49. The predicted octanol–water partition coefficient (Wildman–Crippen LogP) is 5.18. The fraction of sp³-hybridized carbons (Fsp3) is 0.647. The lowest BCUT2D eigenvalue weighted by atomic mass is 9.99. The third-order valence-corrected chi connectivity index (χ3v) is 3.26. The van der Waals surface area contributed by atoms with Crippen LogP contribution in [0.4, 0.5) is 0 Å². The third kappa shape index (κ3) is 9.23. The Kier molecular flexibility index (Phi) is 8.74. The van der Waals surface area contributed by atoms with Gasteiger partial charge in [0, 0.05) is 0 Å². The summed E-state index contributed by atoms with van der Waals surface area (Å²) in [7, 11) is 0. The average molecular weight is 250 g/mol. The van der Waals surface area contributed by atoms with E-state index >= 15 is 0 Å². The first-order chi connectivity index (χ1) is 8.41. The maximum atomic E-state index is 9.79. The molecule has 0 heterocycles. The molecule has 0 aliphatic carbocycles. The summed E-state index contributed by atoms with van der Waals surface area (Å²) >= 11 is 0. The monoisotopic (exact) mass is 250 g/mol. The minimum absolute atomic E-state index is 0.728. The zero-order valence-corrected chi connectivity index (χ0v) is 12.6. The summed E-state index contributed by atoms with van der Waals surface area (Å²) < 4.78 is 0. The van der Waals surface area contributed by atoms with Crippen LogP contribution in [-0.4, -0.2) is 10.7 Å². The highest BCUT2D eigenvalue weighted by Gasteiger charge is 2.13. The maximum Gasteiger partial charge on any atom is 0.0800 e. The summed E-state index contributed by atoms with van der Waals surface area (Å²) in [6.07, 6.45) is 12.6. The van der Waals surface area contributed by atoms with Crippen LogP contribution >= 0.6 is 0 Å². The Morgan fingerprint density at radius 2 is 1.67 bits per heavy atom. The highest BCUT2D eigenvalue weighted by atomic mass is 16.3. The zero-order chi connectivity index (χ0) is 14.0. The van der Waals surface area contributed by atoms with Gasteiger partial charge in [0.1, 0.15) is 0 Å². The van der Waals surface area contributed by atoms with Crippen LogP contribution in [0.3, 0.4) is 0 Å². The van der Waals surface area contributed by atoms with Crippen molar-refractivity contribution in [3.05, 3.63) is 36.0 Å². The number of rotatable bonds is 9. The van der Waals surface area contributed by atoms with Gasteiger partial charge in [-0.25, -0.2) is 0 Å². The van der Waals surface area contributed by atoms with Crippen LogP contribution in [0.15, 0.2) is 36.0 Å². The molecule has 0 amide bonds. The number of hydrogen-bond donors (Lipinski definition) is 1. The third-order valence-electron chi connectivity index (χ3n) is 3.26. The van der Waals surface area contributed by atoms with Gasteiger partial charge in [0.2, 0.25) is 0 Å². The molecule has 0 spiro atoms. The van der Waals surface area contributed by atoms with E-state index in [0.29, 0.717) is 0 Å². The summed E-state index contributed by atoms with van der Waals surface area (Å²) in [5.41, 5.74) is 2.18. The summed E-state index contributed by atoms with van der Waals surface area (Å²) in [6.45, 7) is 12.0. The van der Waals surface area contributed by atoms with Crippen molar-refractivity contribution < 1.29 is 5.11 Å². The smallest absolute Gasteiger partial charge is 0.0800 e. The van der Waals surface area contributed by atoms with E-state index in [0.717, 1.165) is 25.7 Å². The minimum Gasteiger partial charge on any atom is -0.386 e. The molecule has 1 atom stereocenters. The molecular formula is C17H30O. The molecule has 1 heteroatoms. The minimum atomic E-state index is -0.728. The van der Waals surface area contributed by atoms with Crippen LogP contribution in [0, 0.1) is 0 Å². The first-order valence-electron chi connectivity index (χ1n) is 7.08. The zero-order valence-electron chi connectivity index (χ0n) is 12.6. The number of allylic oxidation sites excluding steroid dienone is 4. The quantitative estimate of drug-likeness (QED) is 0.559. The molecule has 1 N–H and O–H groups in total. The van der Waals surface area contributed by atoms with Crippen LogP contribution in [-0.2, 0) is 0 Å². The van der Waals surface area contributed by atoms with Gasteiger partial charge in [0.25, 0.3) is 0 Å². The first-order valence-corrected chi connectivity index (χ1v) is 7.08. The van der Waals surface area contributed by atoms with E-state index in [-0.39, 0.29) is 0 Å². The maximum absolute atomic E-state index is 9.79. The van der Waals surface area contributed by atoms with Crippen LogP contribution < -0.4 is 0 Å². The Hall–Kier alpha value is -0.820. The molecule has 0 saturated heterocycles. The molecule has 1 unspecified atom stereocenters. The molecule has 0 aliphatic heterocycles. The van der Waals surface area contributed by atoms with Crippen molar-refractivity contribution >= 4 is 0 Å². The molecule has 0 aromatic rings. The van der Waals surface area contributed by atoms with Gasteiger partial charge in [-0.2, -0.15) is 0 Å². The van der Waals surface area contributed by atoms with E-state index < -0.39 is 5.60 Å². The molecule has 0 aromatic heterocycles. The molecule has 0 aliphatic rings. The molecule has 0 radical (unpaired) electrons. The standard InChI is InChI=1S/C17H30O/c1-6-10-15(3)11-8-12-16(4)13-9-14-17(5,18)7-2/h7,11,13,18H,2,6,8-10,12,14H2,1,3-5H3. The Balaban J connectivity index is 3.92. The largest absolute Gasteiger partial charge is 0.386 e. The van der Waals surface area contributed by atoms with E-state index in [1.54, 1.807) is 13.0 Å². The van der Waals surface area contributed by atoms with Crippen molar-refractivity contribution in [2.24, 2.45) is 0 Å². The first kappa shape index (κ1) is 17.2. The predicted molar refractivity (Wildman–Crippen MR) is 81.7 cm³/mol. The Bertz CT molecular complexity index is 295. The molecule has 18 heavy (non-hydrogen) atoms. The lowest BCUT2D eigenvalue weighted by Crippen LogP contribution is -2.19. The Morgan fingerprint density at radius 3 is 2.22 bits per heavy atom. The molecule has 0 fully saturated rings. The van der Waals surface area contributed by atoms with Crippen molar-refractivity contribution in [2.45, 2.75) is 71.8 Å². The molecule has 0 aromatic carbocycles. The van der Waals surface area contributed by atoms with Crippen molar-refractivity contribution in [1.82, 2.24) is 0 Å². The lowest BCUT2D eigenvalue weighted by Gasteiger charge is -2.16. The second-order valence-electron chi connectivity index (χ2n) is 5.49. The average Bonchev–Trinajstić information content (AvgIpc) is 2.29. The fourth-order valence-corrected chi connectivity index (χ4v) is 1.86. The van der Waals surface area contributed by atoms with Crippen LogP contribution in [0.5, 0.6) is 0 Å². The second kappa shape index (κ2) is 9.16. The van der Waals surface area contributed by atoms with Crippen LogP contribution in [0.25, 0.3) is 0 Å². The molecule has 104 valence electrons. The topological polar surface area (TPSA) is 20.2 Å². The molecular weight excluding hydrogens is 220 g/mol. The van der Waals surface area contributed by atoms with E-state index in [2.05, 4.69) is 39.5 Å². The molecule has 1 nitrogen and oxygen atoms in total. The van der Waals surface area contributed by atoms with Crippen LogP contribution in [0.2, 0.25) is 0 Å². The van der Waals surface area contributed by atoms with E-state index in [1.807, 2.05) is 0 Å². The summed E-state index contributed by atoms with van der Waals surface area (Å²) in [5.74, 6) is 0. The van der Waals surface area contributed by atoms with Crippen molar-refractivity contribution in [3.8, 4) is 0 Å². The normalized spacial score (nSPS) is 16.5. The molecule has 0 bridgehead atoms. The van der Waals surface area contributed by atoms with Gasteiger partial charge in [0.05, 0.1) is 5.60 Å². The SMILES string of the molecule is C=CC(C)(O)CCC=C(C)CCC=C(C)CCC. The van der Waals surface area contributed by atoms with Crippen molar-refractivity contribution in [1.29, 1.82) is 0 Å². The van der Waals surface area contributed by atoms with Gasteiger partial charge in [-0.3, -0.25) is 0 Å². The Morgan fingerprint density at radius 1 is 1.11 bits per heavy atom. The van der Waals surface area contributed by atoms with Gasteiger partial charge < -0.3 is 5.11 Å². The van der Waals surface area contributed by atoms with E-state index in [4.69, 9.17) is 0 Å². The number of hydrogen-bond acceptors (Lipinski definition) is 1. The summed E-state index contributed by atoms with van der Waals surface area (Å²) in [4.78, 5) is 0. The highest BCUT2D eigenvalue weighted by Crippen LogP contribution is 2.16.